The molecule has 0 saturated heterocycles. The van der Waals surface area contributed by atoms with Crippen LogP contribution in [0.4, 0.5) is 0 Å². The lowest BCUT2D eigenvalue weighted by molar-refractivity contribution is 1.06. The summed E-state index contributed by atoms with van der Waals surface area (Å²) in [4.78, 5) is 0. The molecule has 2 N–H and O–H groups in total. The highest BCUT2D eigenvalue weighted by atomic mass is 14.5. The summed E-state index contributed by atoms with van der Waals surface area (Å²) in [6.45, 7) is 4.69. The molecular formula is C15H15N. The largest absolute Gasteiger partial charge is 0.326 e. The number of benzene rings is 2. The highest BCUT2D eigenvalue weighted by Gasteiger charge is 2.05. The predicted molar refractivity (Wildman–Crippen MR) is 68.9 cm³/mol. The Balaban J connectivity index is 2.42. The van der Waals surface area contributed by atoms with Crippen molar-refractivity contribution < 1.29 is 0 Å². The minimum absolute atomic E-state index is 0.544. The topological polar surface area (TPSA) is 26.0 Å². The second kappa shape index (κ2) is 4.77. The quantitative estimate of drug-likeness (QED) is 0.825. The Morgan fingerprint density at radius 3 is 2.25 bits per heavy atom. The smallest absolute Gasteiger partial charge is 0.0184 e. The molecule has 0 saturated carbocycles. The van der Waals surface area contributed by atoms with Gasteiger partial charge in [-0.3, -0.25) is 0 Å². The van der Waals surface area contributed by atoms with E-state index >= 15 is 0 Å². The van der Waals surface area contributed by atoms with Gasteiger partial charge in [0.2, 0.25) is 0 Å². The summed E-state index contributed by atoms with van der Waals surface area (Å²) in [5, 5.41) is 0. The maximum atomic E-state index is 5.73. The Morgan fingerprint density at radius 2 is 1.56 bits per heavy atom. The van der Waals surface area contributed by atoms with Crippen LogP contribution in [-0.2, 0) is 6.54 Å². The summed E-state index contributed by atoms with van der Waals surface area (Å²) in [6, 6.07) is 18.3. The molecule has 2 aromatic carbocycles. The number of hydrogen-bond donors (Lipinski definition) is 1. The Morgan fingerprint density at radius 1 is 0.938 bits per heavy atom. The van der Waals surface area contributed by atoms with Crippen LogP contribution in [0.1, 0.15) is 16.7 Å². The SMILES string of the molecule is C=C(c1ccccc1)c1ccccc1CN. The van der Waals surface area contributed by atoms with Gasteiger partial charge in [0.25, 0.3) is 0 Å². The number of nitrogens with two attached hydrogens (primary N) is 1. The van der Waals surface area contributed by atoms with E-state index in [1.165, 1.54) is 0 Å². The zero-order valence-corrected chi connectivity index (χ0v) is 9.19. The van der Waals surface area contributed by atoms with E-state index in [1.807, 2.05) is 36.4 Å². The molecule has 0 fully saturated rings. The van der Waals surface area contributed by atoms with Gasteiger partial charge in [-0.25, -0.2) is 0 Å². The molecule has 0 amide bonds. The normalized spacial score (nSPS) is 10.1. The van der Waals surface area contributed by atoms with Gasteiger partial charge in [0.15, 0.2) is 0 Å². The van der Waals surface area contributed by atoms with Gasteiger partial charge in [-0.2, -0.15) is 0 Å². The van der Waals surface area contributed by atoms with E-state index in [0.717, 1.165) is 22.3 Å². The van der Waals surface area contributed by atoms with Crippen molar-refractivity contribution in [3.63, 3.8) is 0 Å². The maximum absolute atomic E-state index is 5.73. The highest BCUT2D eigenvalue weighted by Crippen LogP contribution is 2.24. The fourth-order valence-electron chi connectivity index (χ4n) is 1.79. The summed E-state index contributed by atoms with van der Waals surface area (Å²) in [5.74, 6) is 0. The number of rotatable bonds is 3. The molecule has 0 aliphatic heterocycles. The van der Waals surface area contributed by atoms with Crippen LogP contribution in [0.25, 0.3) is 5.57 Å². The Bertz CT molecular complexity index is 486. The first-order valence-corrected chi connectivity index (χ1v) is 5.35. The molecule has 0 atom stereocenters. The lowest BCUT2D eigenvalue weighted by atomic mass is 9.95. The van der Waals surface area contributed by atoms with Gasteiger partial charge in [-0.05, 0) is 22.3 Å². The van der Waals surface area contributed by atoms with Crippen molar-refractivity contribution in [2.45, 2.75) is 6.54 Å². The molecule has 0 radical (unpaired) electrons. The second-order valence-electron chi connectivity index (χ2n) is 3.71. The summed E-state index contributed by atoms with van der Waals surface area (Å²) >= 11 is 0. The molecule has 16 heavy (non-hydrogen) atoms. The van der Waals surface area contributed by atoms with Crippen molar-refractivity contribution in [2.24, 2.45) is 5.73 Å². The van der Waals surface area contributed by atoms with E-state index in [9.17, 15) is 0 Å². The lowest BCUT2D eigenvalue weighted by Crippen LogP contribution is -2.00. The van der Waals surface area contributed by atoms with E-state index < -0.39 is 0 Å². The molecule has 2 aromatic rings. The van der Waals surface area contributed by atoms with Crippen LogP contribution >= 0.6 is 0 Å². The third kappa shape index (κ3) is 2.05. The summed E-state index contributed by atoms with van der Waals surface area (Å²) in [7, 11) is 0. The third-order valence-corrected chi connectivity index (χ3v) is 2.68. The van der Waals surface area contributed by atoms with Crippen molar-refractivity contribution in [1.29, 1.82) is 0 Å². The van der Waals surface area contributed by atoms with Gasteiger partial charge in [-0.15, -0.1) is 0 Å². The van der Waals surface area contributed by atoms with Crippen molar-refractivity contribution in [3.8, 4) is 0 Å². The average molecular weight is 209 g/mol. The third-order valence-electron chi connectivity index (χ3n) is 2.68. The van der Waals surface area contributed by atoms with Crippen LogP contribution in [-0.4, -0.2) is 0 Å². The lowest BCUT2D eigenvalue weighted by Gasteiger charge is -2.10. The van der Waals surface area contributed by atoms with E-state index in [1.54, 1.807) is 0 Å². The standard InChI is InChI=1S/C15H15N/c1-12(13-7-3-2-4-8-13)15-10-6-5-9-14(15)11-16/h2-10H,1,11,16H2. The summed E-state index contributed by atoms with van der Waals surface area (Å²) in [5.41, 5.74) is 10.2. The summed E-state index contributed by atoms with van der Waals surface area (Å²) < 4.78 is 0. The molecule has 0 spiro atoms. The monoisotopic (exact) mass is 209 g/mol. The van der Waals surface area contributed by atoms with Gasteiger partial charge >= 0.3 is 0 Å². The molecule has 1 heteroatoms. The van der Waals surface area contributed by atoms with Crippen LogP contribution in [0.2, 0.25) is 0 Å². The van der Waals surface area contributed by atoms with Gasteiger partial charge in [0.05, 0.1) is 0 Å². The molecule has 1 nitrogen and oxygen atoms in total. The van der Waals surface area contributed by atoms with E-state index in [-0.39, 0.29) is 0 Å². The van der Waals surface area contributed by atoms with E-state index in [4.69, 9.17) is 5.73 Å². The first kappa shape index (κ1) is 10.7. The van der Waals surface area contributed by atoms with Crippen molar-refractivity contribution in [1.82, 2.24) is 0 Å². The molecule has 0 bridgehead atoms. The van der Waals surface area contributed by atoms with E-state index in [0.29, 0.717) is 6.54 Å². The van der Waals surface area contributed by atoms with Crippen molar-refractivity contribution in [3.05, 3.63) is 77.9 Å². The zero-order chi connectivity index (χ0) is 11.4. The maximum Gasteiger partial charge on any atom is 0.0184 e. The first-order chi connectivity index (χ1) is 7.83. The molecule has 0 unspecified atom stereocenters. The van der Waals surface area contributed by atoms with Gasteiger partial charge in [0, 0.05) is 6.54 Å². The fraction of sp³-hybridized carbons (Fsp3) is 0.0667. The molecule has 2 rings (SSSR count). The highest BCUT2D eigenvalue weighted by molar-refractivity contribution is 5.79. The summed E-state index contributed by atoms with van der Waals surface area (Å²) in [6.07, 6.45) is 0. The average Bonchev–Trinajstić information content (AvgIpc) is 2.39. The molecule has 0 aliphatic carbocycles. The first-order valence-electron chi connectivity index (χ1n) is 5.35. The van der Waals surface area contributed by atoms with Crippen LogP contribution < -0.4 is 5.73 Å². The molecule has 80 valence electrons. The van der Waals surface area contributed by atoms with Crippen LogP contribution in [0, 0.1) is 0 Å². The van der Waals surface area contributed by atoms with Crippen LogP contribution in [0.5, 0.6) is 0 Å². The predicted octanol–water partition coefficient (Wildman–Crippen LogP) is 3.21. The van der Waals surface area contributed by atoms with Gasteiger partial charge in [0.1, 0.15) is 0 Å². The second-order valence-corrected chi connectivity index (χ2v) is 3.71. The van der Waals surface area contributed by atoms with Crippen LogP contribution in [0.3, 0.4) is 0 Å². The Labute approximate surface area is 96.2 Å². The van der Waals surface area contributed by atoms with Gasteiger partial charge < -0.3 is 5.73 Å². The van der Waals surface area contributed by atoms with Crippen molar-refractivity contribution in [2.75, 3.05) is 0 Å². The molecule has 0 aromatic heterocycles. The Hall–Kier alpha value is -1.86. The molecule has 0 heterocycles. The van der Waals surface area contributed by atoms with Crippen molar-refractivity contribution >= 4 is 5.57 Å². The molecular weight excluding hydrogens is 194 g/mol. The minimum atomic E-state index is 0.544. The van der Waals surface area contributed by atoms with Gasteiger partial charge in [-0.1, -0.05) is 61.2 Å². The Kier molecular flexibility index (Phi) is 3.18. The zero-order valence-electron chi connectivity index (χ0n) is 9.19. The fourth-order valence-corrected chi connectivity index (χ4v) is 1.79. The van der Waals surface area contributed by atoms with E-state index in [2.05, 4.69) is 24.8 Å². The van der Waals surface area contributed by atoms with Crippen LogP contribution in [0.15, 0.2) is 61.2 Å². The number of hydrogen-bond acceptors (Lipinski definition) is 1. The minimum Gasteiger partial charge on any atom is -0.326 e. The molecule has 0 aliphatic rings.